The largest absolute Gasteiger partial charge is 0.399 e. The summed E-state index contributed by atoms with van der Waals surface area (Å²) >= 11 is 0. The number of nitrogens with two attached hydrogens (primary N) is 1. The van der Waals surface area contributed by atoms with Gasteiger partial charge in [-0.1, -0.05) is 32.9 Å². The Morgan fingerprint density at radius 3 is 2.29 bits per heavy atom. The summed E-state index contributed by atoms with van der Waals surface area (Å²) in [5.74, 6) is 0.869. The van der Waals surface area contributed by atoms with Crippen LogP contribution in [0.2, 0.25) is 0 Å². The van der Waals surface area contributed by atoms with E-state index < -0.39 is 0 Å². The second kappa shape index (κ2) is 4.69. The second-order valence-electron chi connectivity index (χ2n) is 6.31. The molecule has 0 spiro atoms. The Labute approximate surface area is 105 Å². The van der Waals surface area contributed by atoms with Gasteiger partial charge in [0.2, 0.25) is 0 Å². The molecule has 1 aromatic carbocycles. The summed E-state index contributed by atoms with van der Waals surface area (Å²) < 4.78 is 0. The maximum Gasteiger partial charge on any atom is 0.0314 e. The van der Waals surface area contributed by atoms with Crippen LogP contribution in [-0.2, 0) is 6.42 Å². The quantitative estimate of drug-likeness (QED) is 0.812. The van der Waals surface area contributed by atoms with Crippen LogP contribution >= 0.6 is 0 Å². The summed E-state index contributed by atoms with van der Waals surface area (Å²) in [4.78, 5) is 2.55. The van der Waals surface area contributed by atoms with E-state index in [-0.39, 0.29) is 0 Å². The van der Waals surface area contributed by atoms with Crippen LogP contribution < -0.4 is 5.73 Å². The van der Waals surface area contributed by atoms with E-state index in [1.807, 2.05) is 12.1 Å². The SMILES string of the molecule is CC(C)(C)C1CN(CCc2ccc(N)cc2)C1. The normalized spacial score (nSPS) is 18.1. The molecular weight excluding hydrogens is 208 g/mol. The third-order valence-corrected chi connectivity index (χ3v) is 3.88. The Morgan fingerprint density at radius 2 is 1.76 bits per heavy atom. The molecule has 0 aliphatic carbocycles. The third kappa shape index (κ3) is 3.22. The smallest absolute Gasteiger partial charge is 0.0314 e. The van der Waals surface area contributed by atoms with Gasteiger partial charge in [-0.25, -0.2) is 0 Å². The molecule has 2 N–H and O–H groups in total. The fraction of sp³-hybridized carbons (Fsp3) is 0.600. The van der Waals surface area contributed by atoms with Gasteiger partial charge in [-0.3, -0.25) is 0 Å². The summed E-state index contributed by atoms with van der Waals surface area (Å²) in [5.41, 5.74) is 8.39. The van der Waals surface area contributed by atoms with Gasteiger partial charge in [-0.05, 0) is 35.4 Å². The van der Waals surface area contributed by atoms with Crippen molar-refractivity contribution in [1.82, 2.24) is 4.90 Å². The predicted octanol–water partition coefficient (Wildman–Crippen LogP) is 2.79. The summed E-state index contributed by atoms with van der Waals surface area (Å²) in [6, 6.07) is 8.25. The molecule has 1 aliphatic heterocycles. The fourth-order valence-electron chi connectivity index (χ4n) is 2.27. The van der Waals surface area contributed by atoms with Crippen LogP contribution in [-0.4, -0.2) is 24.5 Å². The number of hydrogen-bond acceptors (Lipinski definition) is 2. The molecule has 1 saturated heterocycles. The lowest BCUT2D eigenvalue weighted by Gasteiger charge is -2.46. The van der Waals surface area contributed by atoms with Crippen molar-refractivity contribution < 1.29 is 0 Å². The number of likely N-dealkylation sites (tertiary alicyclic amines) is 1. The average Bonchev–Trinajstić information content (AvgIpc) is 2.16. The topological polar surface area (TPSA) is 29.3 Å². The van der Waals surface area contributed by atoms with Gasteiger partial charge in [0, 0.05) is 25.3 Å². The lowest BCUT2D eigenvalue weighted by atomic mass is 9.76. The van der Waals surface area contributed by atoms with Crippen molar-refractivity contribution in [3.8, 4) is 0 Å². The molecule has 1 aliphatic rings. The van der Waals surface area contributed by atoms with Crippen molar-refractivity contribution >= 4 is 5.69 Å². The van der Waals surface area contributed by atoms with E-state index in [0.717, 1.165) is 18.0 Å². The number of nitrogens with zero attached hydrogens (tertiary/aromatic N) is 1. The second-order valence-corrected chi connectivity index (χ2v) is 6.31. The first-order valence-electron chi connectivity index (χ1n) is 6.52. The number of rotatable bonds is 3. The van der Waals surface area contributed by atoms with Crippen LogP contribution in [0.15, 0.2) is 24.3 Å². The summed E-state index contributed by atoms with van der Waals surface area (Å²) in [6.07, 6.45) is 1.14. The number of nitrogen functional groups attached to an aromatic ring is 1. The molecule has 17 heavy (non-hydrogen) atoms. The molecule has 0 aromatic heterocycles. The monoisotopic (exact) mass is 232 g/mol. The highest BCUT2D eigenvalue weighted by molar-refractivity contribution is 5.39. The van der Waals surface area contributed by atoms with Crippen molar-refractivity contribution in [3.05, 3.63) is 29.8 Å². The fourth-order valence-corrected chi connectivity index (χ4v) is 2.27. The molecule has 2 heteroatoms. The van der Waals surface area contributed by atoms with Crippen molar-refractivity contribution in [2.75, 3.05) is 25.4 Å². The van der Waals surface area contributed by atoms with E-state index in [9.17, 15) is 0 Å². The van der Waals surface area contributed by atoms with Crippen LogP contribution in [0.4, 0.5) is 5.69 Å². The highest BCUT2D eigenvalue weighted by Gasteiger charge is 2.34. The van der Waals surface area contributed by atoms with Crippen LogP contribution in [0.3, 0.4) is 0 Å². The zero-order chi connectivity index (χ0) is 12.5. The minimum atomic E-state index is 0.470. The standard InChI is InChI=1S/C15H24N2/c1-15(2,3)13-10-17(11-13)9-8-12-4-6-14(16)7-5-12/h4-7,13H,8-11,16H2,1-3H3. The molecule has 0 atom stereocenters. The van der Waals surface area contributed by atoms with Crippen LogP contribution in [0, 0.1) is 11.3 Å². The third-order valence-electron chi connectivity index (χ3n) is 3.88. The van der Waals surface area contributed by atoms with Crippen LogP contribution in [0.25, 0.3) is 0 Å². The molecule has 1 heterocycles. The summed E-state index contributed by atoms with van der Waals surface area (Å²) in [7, 11) is 0. The molecule has 1 fully saturated rings. The van der Waals surface area contributed by atoms with Gasteiger partial charge in [0.1, 0.15) is 0 Å². The molecule has 94 valence electrons. The Balaban J connectivity index is 1.73. The number of benzene rings is 1. The van der Waals surface area contributed by atoms with E-state index in [1.165, 1.54) is 25.2 Å². The highest BCUT2D eigenvalue weighted by atomic mass is 15.2. The maximum absolute atomic E-state index is 5.68. The minimum absolute atomic E-state index is 0.470. The van der Waals surface area contributed by atoms with Crippen LogP contribution in [0.5, 0.6) is 0 Å². The van der Waals surface area contributed by atoms with Gasteiger partial charge >= 0.3 is 0 Å². The maximum atomic E-state index is 5.68. The van der Waals surface area contributed by atoms with E-state index in [1.54, 1.807) is 0 Å². The molecule has 0 bridgehead atoms. The van der Waals surface area contributed by atoms with E-state index in [4.69, 9.17) is 5.73 Å². The van der Waals surface area contributed by atoms with E-state index in [0.29, 0.717) is 5.41 Å². The zero-order valence-corrected chi connectivity index (χ0v) is 11.2. The van der Waals surface area contributed by atoms with Gasteiger partial charge in [0.15, 0.2) is 0 Å². The van der Waals surface area contributed by atoms with E-state index in [2.05, 4.69) is 37.8 Å². The minimum Gasteiger partial charge on any atom is -0.399 e. The summed E-state index contributed by atoms with van der Waals surface area (Å²) in [6.45, 7) is 10.7. The van der Waals surface area contributed by atoms with Crippen molar-refractivity contribution in [2.45, 2.75) is 27.2 Å². The zero-order valence-electron chi connectivity index (χ0n) is 11.2. The molecule has 2 nitrogen and oxygen atoms in total. The Bertz CT molecular complexity index is 356. The molecule has 2 rings (SSSR count). The first kappa shape index (κ1) is 12.4. The highest BCUT2D eigenvalue weighted by Crippen LogP contribution is 2.33. The first-order valence-corrected chi connectivity index (χ1v) is 6.52. The molecular formula is C15H24N2. The van der Waals surface area contributed by atoms with Gasteiger partial charge < -0.3 is 10.6 Å². The molecule has 0 unspecified atom stereocenters. The van der Waals surface area contributed by atoms with Crippen molar-refractivity contribution in [3.63, 3.8) is 0 Å². The Morgan fingerprint density at radius 1 is 1.18 bits per heavy atom. The number of anilines is 1. The number of hydrogen-bond donors (Lipinski definition) is 1. The van der Waals surface area contributed by atoms with E-state index >= 15 is 0 Å². The van der Waals surface area contributed by atoms with Crippen molar-refractivity contribution in [1.29, 1.82) is 0 Å². The van der Waals surface area contributed by atoms with Gasteiger partial charge in [-0.2, -0.15) is 0 Å². The Kier molecular flexibility index (Phi) is 3.43. The van der Waals surface area contributed by atoms with Crippen molar-refractivity contribution in [2.24, 2.45) is 11.3 Å². The molecule has 0 radical (unpaired) electrons. The average molecular weight is 232 g/mol. The Hall–Kier alpha value is -1.02. The van der Waals surface area contributed by atoms with Gasteiger partial charge in [0.25, 0.3) is 0 Å². The van der Waals surface area contributed by atoms with Crippen LogP contribution in [0.1, 0.15) is 26.3 Å². The predicted molar refractivity (Wildman–Crippen MR) is 73.9 cm³/mol. The molecule has 1 aromatic rings. The first-order chi connectivity index (χ1) is 7.95. The van der Waals surface area contributed by atoms with Gasteiger partial charge in [-0.15, -0.1) is 0 Å². The lowest BCUT2D eigenvalue weighted by molar-refractivity contribution is 0.0259. The summed E-state index contributed by atoms with van der Waals surface area (Å²) in [5, 5.41) is 0. The van der Waals surface area contributed by atoms with Gasteiger partial charge in [0.05, 0.1) is 0 Å². The molecule has 0 amide bonds. The molecule has 0 saturated carbocycles. The lowest BCUT2D eigenvalue weighted by Crippen LogP contribution is -2.52.